The third-order valence-corrected chi connectivity index (χ3v) is 3.99. The molecule has 1 heterocycles. The van der Waals surface area contributed by atoms with Gasteiger partial charge < -0.3 is 15.4 Å². The van der Waals surface area contributed by atoms with Gasteiger partial charge in [0.15, 0.2) is 5.69 Å². The Balaban J connectivity index is 1.56. The normalized spacial score (nSPS) is 10.4. The van der Waals surface area contributed by atoms with Crippen LogP contribution in [-0.2, 0) is 6.42 Å². The predicted molar refractivity (Wildman–Crippen MR) is 106 cm³/mol. The first-order chi connectivity index (χ1) is 13.7. The molecule has 0 unspecified atom stereocenters. The zero-order chi connectivity index (χ0) is 19.8. The lowest BCUT2D eigenvalue weighted by molar-refractivity contribution is 0.102. The van der Waals surface area contributed by atoms with Crippen molar-refractivity contribution in [2.75, 3.05) is 23.8 Å². The van der Waals surface area contributed by atoms with Gasteiger partial charge in [0.1, 0.15) is 17.4 Å². The third-order valence-electron chi connectivity index (χ3n) is 3.99. The maximum atomic E-state index is 13.6. The molecule has 0 atom stereocenters. The fourth-order valence-corrected chi connectivity index (χ4v) is 2.61. The van der Waals surface area contributed by atoms with Gasteiger partial charge >= 0.3 is 0 Å². The van der Waals surface area contributed by atoms with Crippen molar-refractivity contribution in [2.24, 2.45) is 0 Å². The number of para-hydroxylation sites is 2. The molecule has 6 nitrogen and oxygen atoms in total. The first kappa shape index (κ1) is 19.3. The summed E-state index contributed by atoms with van der Waals surface area (Å²) in [6.07, 6.45) is 0.519. The Kier molecular flexibility index (Phi) is 6.51. The van der Waals surface area contributed by atoms with Crippen LogP contribution in [0.3, 0.4) is 0 Å². The molecule has 0 radical (unpaired) electrons. The molecule has 2 aromatic carbocycles. The molecular formula is C21H21FN4O2. The molecule has 0 aliphatic heterocycles. The Morgan fingerprint density at radius 3 is 2.57 bits per heavy atom. The van der Waals surface area contributed by atoms with Gasteiger partial charge in [0, 0.05) is 6.54 Å². The molecule has 144 valence electrons. The van der Waals surface area contributed by atoms with Gasteiger partial charge in [0.2, 0.25) is 0 Å². The van der Waals surface area contributed by atoms with Crippen LogP contribution in [0.15, 0.2) is 60.7 Å². The molecular weight excluding hydrogens is 359 g/mol. The highest BCUT2D eigenvalue weighted by molar-refractivity contribution is 6.03. The summed E-state index contributed by atoms with van der Waals surface area (Å²) in [5.41, 5.74) is 1.39. The molecule has 0 fully saturated rings. The average molecular weight is 380 g/mol. The van der Waals surface area contributed by atoms with Crippen LogP contribution in [0.25, 0.3) is 0 Å². The van der Waals surface area contributed by atoms with E-state index in [4.69, 9.17) is 4.74 Å². The number of halogens is 1. The van der Waals surface area contributed by atoms with Gasteiger partial charge in [-0.2, -0.15) is 0 Å². The minimum Gasteiger partial charge on any atom is -0.492 e. The van der Waals surface area contributed by atoms with Gasteiger partial charge in [-0.3, -0.25) is 4.79 Å². The Morgan fingerprint density at radius 1 is 1.04 bits per heavy atom. The zero-order valence-electron chi connectivity index (χ0n) is 15.5. The lowest BCUT2D eigenvalue weighted by Crippen LogP contribution is -2.16. The van der Waals surface area contributed by atoms with E-state index in [0.29, 0.717) is 42.4 Å². The standard InChI is InChI=1S/C21H21FN4O2/c1-2-28-19-10-6-5-9-17(19)24-21(27)18-11-12-20(26-25-18)23-14-13-15-7-3-4-8-16(15)22/h3-12H,2,13-14H2,1H3,(H,23,26)(H,24,27). The number of nitrogens with zero attached hydrogens (tertiary/aromatic N) is 2. The van der Waals surface area contributed by atoms with Gasteiger partial charge in [-0.05, 0) is 49.2 Å². The van der Waals surface area contributed by atoms with E-state index in [2.05, 4.69) is 20.8 Å². The lowest BCUT2D eigenvalue weighted by atomic mass is 10.1. The zero-order valence-corrected chi connectivity index (χ0v) is 15.5. The maximum Gasteiger partial charge on any atom is 0.276 e. The Morgan fingerprint density at radius 2 is 1.82 bits per heavy atom. The van der Waals surface area contributed by atoms with Crippen LogP contribution in [0.2, 0.25) is 0 Å². The molecule has 0 spiro atoms. The van der Waals surface area contributed by atoms with Gasteiger partial charge in [-0.25, -0.2) is 4.39 Å². The highest BCUT2D eigenvalue weighted by atomic mass is 19.1. The van der Waals surface area contributed by atoms with Crippen LogP contribution in [0.5, 0.6) is 5.75 Å². The second-order valence-corrected chi connectivity index (χ2v) is 5.96. The van der Waals surface area contributed by atoms with Gasteiger partial charge in [-0.15, -0.1) is 10.2 Å². The van der Waals surface area contributed by atoms with Crippen molar-refractivity contribution in [2.45, 2.75) is 13.3 Å². The van der Waals surface area contributed by atoms with E-state index in [-0.39, 0.29) is 17.4 Å². The van der Waals surface area contributed by atoms with Crippen molar-refractivity contribution in [3.05, 3.63) is 77.7 Å². The molecule has 2 N–H and O–H groups in total. The molecule has 0 aliphatic rings. The van der Waals surface area contributed by atoms with Crippen LogP contribution in [0.4, 0.5) is 15.9 Å². The van der Waals surface area contributed by atoms with Crippen molar-refractivity contribution < 1.29 is 13.9 Å². The Bertz CT molecular complexity index is 932. The first-order valence-corrected chi connectivity index (χ1v) is 9.01. The van der Waals surface area contributed by atoms with Crippen LogP contribution in [0, 0.1) is 5.82 Å². The summed E-state index contributed by atoms with van der Waals surface area (Å²) in [5.74, 6) is 0.507. The molecule has 0 saturated heterocycles. The summed E-state index contributed by atoms with van der Waals surface area (Å²) in [6.45, 7) is 2.88. The third kappa shape index (κ3) is 5.03. The number of carbonyl (C=O) groups excluding carboxylic acids is 1. The fraction of sp³-hybridized carbons (Fsp3) is 0.190. The van der Waals surface area contributed by atoms with Gasteiger partial charge in [-0.1, -0.05) is 30.3 Å². The van der Waals surface area contributed by atoms with Crippen molar-refractivity contribution >= 4 is 17.4 Å². The second-order valence-electron chi connectivity index (χ2n) is 5.96. The molecule has 3 rings (SSSR count). The van der Waals surface area contributed by atoms with Crippen LogP contribution in [0.1, 0.15) is 23.0 Å². The van der Waals surface area contributed by atoms with E-state index < -0.39 is 0 Å². The molecule has 28 heavy (non-hydrogen) atoms. The number of benzene rings is 2. The van der Waals surface area contributed by atoms with Gasteiger partial charge in [0.05, 0.1) is 12.3 Å². The molecule has 0 aliphatic carbocycles. The van der Waals surface area contributed by atoms with E-state index in [1.54, 1.807) is 42.5 Å². The molecule has 0 saturated carbocycles. The lowest BCUT2D eigenvalue weighted by Gasteiger charge is -2.11. The summed E-state index contributed by atoms with van der Waals surface area (Å²) in [4.78, 5) is 12.4. The van der Waals surface area contributed by atoms with Gasteiger partial charge in [0.25, 0.3) is 5.91 Å². The number of hydrogen-bond donors (Lipinski definition) is 2. The molecule has 0 bridgehead atoms. The highest BCUT2D eigenvalue weighted by Crippen LogP contribution is 2.24. The monoisotopic (exact) mass is 380 g/mol. The number of ether oxygens (including phenoxy) is 1. The Labute approximate surface area is 162 Å². The highest BCUT2D eigenvalue weighted by Gasteiger charge is 2.11. The smallest absolute Gasteiger partial charge is 0.276 e. The summed E-state index contributed by atoms with van der Waals surface area (Å²) in [6, 6.07) is 17.1. The van der Waals surface area contributed by atoms with E-state index in [9.17, 15) is 9.18 Å². The fourth-order valence-electron chi connectivity index (χ4n) is 2.61. The molecule has 1 aromatic heterocycles. The summed E-state index contributed by atoms with van der Waals surface area (Å²) >= 11 is 0. The SMILES string of the molecule is CCOc1ccccc1NC(=O)c1ccc(NCCc2ccccc2F)nn1. The second kappa shape index (κ2) is 9.45. The van der Waals surface area contributed by atoms with E-state index in [1.807, 2.05) is 19.1 Å². The van der Waals surface area contributed by atoms with Crippen molar-refractivity contribution in [3.63, 3.8) is 0 Å². The number of nitrogens with one attached hydrogen (secondary N) is 2. The average Bonchev–Trinajstić information content (AvgIpc) is 2.71. The molecule has 7 heteroatoms. The van der Waals surface area contributed by atoms with E-state index in [0.717, 1.165) is 0 Å². The van der Waals surface area contributed by atoms with Crippen molar-refractivity contribution in [1.82, 2.24) is 10.2 Å². The topological polar surface area (TPSA) is 76.1 Å². The van der Waals surface area contributed by atoms with E-state index in [1.165, 1.54) is 6.07 Å². The molecule has 3 aromatic rings. The quantitative estimate of drug-likeness (QED) is 0.619. The number of anilines is 2. The largest absolute Gasteiger partial charge is 0.492 e. The molecule has 1 amide bonds. The Hall–Kier alpha value is -3.48. The minimum absolute atomic E-state index is 0.186. The van der Waals surface area contributed by atoms with Crippen molar-refractivity contribution in [1.29, 1.82) is 0 Å². The summed E-state index contributed by atoms with van der Waals surface area (Å²) in [5, 5.41) is 13.8. The van der Waals surface area contributed by atoms with Crippen LogP contribution < -0.4 is 15.4 Å². The number of rotatable bonds is 8. The van der Waals surface area contributed by atoms with Crippen LogP contribution in [-0.4, -0.2) is 29.3 Å². The van der Waals surface area contributed by atoms with E-state index >= 15 is 0 Å². The summed E-state index contributed by atoms with van der Waals surface area (Å²) in [7, 11) is 0. The maximum absolute atomic E-state index is 13.6. The number of carbonyl (C=O) groups is 1. The number of hydrogen-bond acceptors (Lipinski definition) is 5. The number of aromatic nitrogens is 2. The number of amides is 1. The summed E-state index contributed by atoms with van der Waals surface area (Å²) < 4.78 is 19.1. The van der Waals surface area contributed by atoms with Crippen molar-refractivity contribution in [3.8, 4) is 5.75 Å². The predicted octanol–water partition coefficient (Wildman–Crippen LogP) is 3.92. The minimum atomic E-state index is -0.377. The first-order valence-electron chi connectivity index (χ1n) is 9.01. The van der Waals surface area contributed by atoms with Crippen LogP contribution >= 0.6 is 0 Å².